The molecule has 1 heterocycles. The summed E-state index contributed by atoms with van der Waals surface area (Å²) in [6, 6.07) is 15.3. The van der Waals surface area contributed by atoms with Gasteiger partial charge in [0.15, 0.2) is 11.9 Å². The van der Waals surface area contributed by atoms with Crippen LogP contribution in [0.3, 0.4) is 0 Å². The molecule has 194 valence electrons. The number of hydrogen-bond donors (Lipinski definition) is 2. The molecule has 4 rings (SSSR count). The Bertz CT molecular complexity index is 1380. The largest absolute Gasteiger partial charge is 0.486 e. The summed E-state index contributed by atoms with van der Waals surface area (Å²) in [6.45, 7) is 2.98. The summed E-state index contributed by atoms with van der Waals surface area (Å²) in [7, 11) is -3.69. The quantitative estimate of drug-likeness (QED) is 0.269. The zero-order valence-corrected chi connectivity index (χ0v) is 22.1. The highest BCUT2D eigenvalue weighted by Gasteiger charge is 2.40. The number of sulfonamides is 1. The minimum absolute atomic E-state index is 0.000356. The van der Waals surface area contributed by atoms with Crippen molar-refractivity contribution in [2.24, 2.45) is 5.41 Å². The van der Waals surface area contributed by atoms with Crippen molar-refractivity contribution in [1.29, 1.82) is 5.26 Å². The third-order valence-electron chi connectivity index (χ3n) is 6.43. The maximum atomic E-state index is 13.3. The van der Waals surface area contributed by atoms with Gasteiger partial charge in [-0.2, -0.15) is 9.57 Å². The second-order valence-corrected chi connectivity index (χ2v) is 12.0. The average molecular weight is 543 g/mol. The van der Waals surface area contributed by atoms with Gasteiger partial charge in [0.25, 0.3) is 5.91 Å². The normalized spacial score (nSPS) is 17.5. The van der Waals surface area contributed by atoms with Crippen LogP contribution in [-0.2, 0) is 25.3 Å². The Balaban J connectivity index is 1.55. The third-order valence-corrected chi connectivity index (χ3v) is 8.45. The zero-order chi connectivity index (χ0) is 26.6. The van der Waals surface area contributed by atoms with Crippen LogP contribution >= 0.6 is 11.6 Å². The van der Waals surface area contributed by atoms with E-state index in [0.717, 1.165) is 12.8 Å². The van der Waals surface area contributed by atoms with Crippen molar-refractivity contribution in [2.45, 2.75) is 25.5 Å². The molecule has 2 fully saturated rings. The number of allylic oxidation sites excluding steroid dienone is 1. The van der Waals surface area contributed by atoms with E-state index in [9.17, 15) is 13.2 Å². The molecule has 2 aliphatic rings. The summed E-state index contributed by atoms with van der Waals surface area (Å²) in [4.78, 5) is 15.0. The van der Waals surface area contributed by atoms with Gasteiger partial charge in [-0.25, -0.2) is 8.42 Å². The lowest BCUT2D eigenvalue weighted by Gasteiger charge is -2.22. The number of rotatable bonds is 10. The van der Waals surface area contributed by atoms with E-state index in [1.807, 2.05) is 6.07 Å². The number of nitrogens with one attached hydrogen (secondary N) is 1. The van der Waals surface area contributed by atoms with Crippen LogP contribution in [0.2, 0.25) is 5.02 Å². The van der Waals surface area contributed by atoms with E-state index in [0.29, 0.717) is 40.7 Å². The predicted molar refractivity (Wildman–Crippen MR) is 140 cm³/mol. The van der Waals surface area contributed by atoms with Crippen LogP contribution in [-0.4, -0.2) is 56.1 Å². The second-order valence-electron chi connectivity index (χ2n) is 9.59. The lowest BCUT2D eigenvalue weighted by Crippen LogP contribution is -2.39. The fourth-order valence-corrected chi connectivity index (χ4v) is 5.61. The van der Waals surface area contributed by atoms with Crippen LogP contribution in [0.5, 0.6) is 0 Å². The number of amides is 1. The number of nitrogens with zero attached hydrogens (tertiary/aromatic N) is 3. The molecule has 3 N–H and O–H groups in total. The number of ether oxygens (including phenoxy) is 1. The molecule has 0 aromatic heterocycles. The molecule has 9 nitrogen and oxygen atoms in total. The number of nitrogens with two attached hydrogens (primary N) is 1. The number of carbonyl (C=O) groups is 1. The molecule has 0 spiro atoms. The molecule has 0 radical (unpaired) electrons. The average Bonchev–Trinajstić information content (AvgIpc) is 3.38. The lowest BCUT2D eigenvalue weighted by molar-refractivity contribution is -0.117. The molecule has 0 atom stereocenters. The monoisotopic (exact) mass is 542 g/mol. The molecule has 1 aliphatic heterocycles. The van der Waals surface area contributed by atoms with Gasteiger partial charge in [-0.15, -0.1) is 0 Å². The smallest absolute Gasteiger partial charge is 0.293 e. The highest BCUT2D eigenvalue weighted by molar-refractivity contribution is 7.88. The van der Waals surface area contributed by atoms with E-state index in [2.05, 4.69) is 12.2 Å². The maximum Gasteiger partial charge on any atom is 0.293 e. The van der Waals surface area contributed by atoms with Gasteiger partial charge in [0.2, 0.25) is 15.8 Å². The van der Waals surface area contributed by atoms with E-state index in [1.54, 1.807) is 53.4 Å². The maximum absolute atomic E-state index is 13.3. The first kappa shape index (κ1) is 26.7. The van der Waals surface area contributed by atoms with Crippen LogP contribution < -0.4 is 10.7 Å². The van der Waals surface area contributed by atoms with Gasteiger partial charge in [-0.1, -0.05) is 36.7 Å². The summed E-state index contributed by atoms with van der Waals surface area (Å²) in [6.07, 6.45) is 3.27. The first-order valence-electron chi connectivity index (χ1n) is 11.8. The Morgan fingerprint density at radius 3 is 2.68 bits per heavy atom. The Morgan fingerprint density at radius 2 is 2.00 bits per heavy atom. The number of benzene rings is 2. The van der Waals surface area contributed by atoms with Crippen molar-refractivity contribution < 1.29 is 23.4 Å². The van der Waals surface area contributed by atoms with Gasteiger partial charge in [-0.05, 0) is 48.7 Å². The van der Waals surface area contributed by atoms with Crippen LogP contribution in [0.15, 0.2) is 60.0 Å². The van der Waals surface area contributed by atoms with Crippen molar-refractivity contribution in [3.63, 3.8) is 0 Å². The van der Waals surface area contributed by atoms with Crippen molar-refractivity contribution in [3.05, 3.63) is 76.1 Å². The SMILES string of the molecule is CC1(CO/C(C(=O)Nc2cccc(Cl)c2)=C(/C=[NH2+])N2CCN(S(=O)(=O)Cc3cccc(C#N)c3)C2)CC1. The molecule has 1 aliphatic carbocycles. The first-order chi connectivity index (χ1) is 17.6. The fraction of sp³-hybridized carbons (Fsp3) is 0.346. The molecule has 11 heteroatoms. The molecular formula is C26H29ClN5O4S+. The van der Waals surface area contributed by atoms with Crippen molar-refractivity contribution >= 4 is 39.4 Å². The van der Waals surface area contributed by atoms with Gasteiger partial charge in [-0.3, -0.25) is 10.2 Å². The predicted octanol–water partition coefficient (Wildman–Crippen LogP) is 2.11. The van der Waals surface area contributed by atoms with Gasteiger partial charge in [0.1, 0.15) is 0 Å². The van der Waals surface area contributed by atoms with Crippen LogP contribution in [0.1, 0.15) is 30.9 Å². The van der Waals surface area contributed by atoms with Gasteiger partial charge < -0.3 is 15.0 Å². The zero-order valence-electron chi connectivity index (χ0n) is 20.5. The van der Waals surface area contributed by atoms with E-state index in [4.69, 9.17) is 27.0 Å². The van der Waals surface area contributed by atoms with E-state index in [-0.39, 0.29) is 30.1 Å². The van der Waals surface area contributed by atoms with Crippen molar-refractivity contribution in [2.75, 3.05) is 31.7 Å². The van der Waals surface area contributed by atoms with Crippen LogP contribution in [0, 0.1) is 16.7 Å². The third kappa shape index (κ3) is 6.68. The number of anilines is 1. The summed E-state index contributed by atoms with van der Waals surface area (Å²) in [5.74, 6) is -0.715. The molecule has 1 saturated carbocycles. The van der Waals surface area contributed by atoms with Gasteiger partial charge in [0, 0.05) is 29.2 Å². The molecule has 37 heavy (non-hydrogen) atoms. The molecule has 2 aromatic carbocycles. The highest BCUT2D eigenvalue weighted by atomic mass is 35.5. The van der Waals surface area contributed by atoms with E-state index in [1.165, 1.54) is 10.5 Å². The number of hydrogen-bond acceptors (Lipinski definition) is 6. The molecule has 0 bridgehead atoms. The molecule has 0 unspecified atom stereocenters. The van der Waals surface area contributed by atoms with Crippen LogP contribution in [0.4, 0.5) is 5.69 Å². The molecule has 1 amide bonds. The number of carbonyl (C=O) groups excluding carboxylic acids is 1. The Kier molecular flexibility index (Phi) is 7.87. The number of halogens is 1. The fourth-order valence-electron chi connectivity index (χ4n) is 3.96. The van der Waals surface area contributed by atoms with Crippen molar-refractivity contribution in [1.82, 2.24) is 9.21 Å². The minimum atomic E-state index is -3.69. The molecule has 2 aromatic rings. The van der Waals surface area contributed by atoms with Crippen LogP contribution in [0.25, 0.3) is 0 Å². The molecular weight excluding hydrogens is 514 g/mol. The summed E-state index contributed by atoms with van der Waals surface area (Å²) < 4.78 is 33.6. The van der Waals surface area contributed by atoms with Gasteiger partial charge in [0.05, 0.1) is 30.7 Å². The second kappa shape index (κ2) is 10.9. The van der Waals surface area contributed by atoms with E-state index < -0.39 is 15.9 Å². The molecule has 1 saturated heterocycles. The minimum Gasteiger partial charge on any atom is -0.486 e. The van der Waals surface area contributed by atoms with Gasteiger partial charge >= 0.3 is 0 Å². The summed E-state index contributed by atoms with van der Waals surface area (Å²) in [5.41, 5.74) is 1.74. The highest BCUT2D eigenvalue weighted by Crippen LogP contribution is 2.45. The number of nitriles is 1. The summed E-state index contributed by atoms with van der Waals surface area (Å²) >= 11 is 6.06. The topological polar surface area (TPSA) is 128 Å². The lowest BCUT2D eigenvalue weighted by atomic mass is 10.2. The Morgan fingerprint density at radius 1 is 1.24 bits per heavy atom. The van der Waals surface area contributed by atoms with E-state index >= 15 is 0 Å². The Labute approximate surface area is 221 Å². The Hall–Kier alpha value is -3.39. The first-order valence-corrected chi connectivity index (χ1v) is 13.8. The van der Waals surface area contributed by atoms with Crippen molar-refractivity contribution in [3.8, 4) is 6.07 Å². The summed E-state index contributed by atoms with van der Waals surface area (Å²) in [5, 5.41) is 18.3. The standard InChI is InChI=1S/C26H28ClN5O4S/c1-26(8-9-26)17-36-24(25(33)30-22-7-3-6-21(27)13-22)23(15-29)31-10-11-32(18-31)37(34,35)16-20-5-2-4-19(12-20)14-28/h2-7,12-13,15,29H,8-11,16-18H2,1H3,(H,30,33)/p+1/b24-23-,29-15?.